The SMILES string of the molecule is Clc1cccc2nncc(Oc3ccccc3)c12. The summed E-state index contributed by atoms with van der Waals surface area (Å²) in [5.74, 6) is 1.35. The average molecular weight is 257 g/mol. The van der Waals surface area contributed by atoms with E-state index in [-0.39, 0.29) is 0 Å². The minimum Gasteiger partial charge on any atom is -0.455 e. The van der Waals surface area contributed by atoms with Gasteiger partial charge in [0, 0.05) is 0 Å². The number of fused-ring (bicyclic) bond motifs is 1. The first-order valence-electron chi connectivity index (χ1n) is 5.47. The molecule has 0 radical (unpaired) electrons. The highest BCUT2D eigenvalue weighted by Gasteiger charge is 2.08. The van der Waals surface area contributed by atoms with Gasteiger partial charge < -0.3 is 4.74 Å². The topological polar surface area (TPSA) is 35.0 Å². The lowest BCUT2D eigenvalue weighted by molar-refractivity contribution is 0.485. The first-order valence-corrected chi connectivity index (χ1v) is 5.85. The second-order valence-corrected chi connectivity index (χ2v) is 4.17. The quantitative estimate of drug-likeness (QED) is 0.693. The predicted molar refractivity (Wildman–Crippen MR) is 71.1 cm³/mol. The van der Waals surface area contributed by atoms with Crippen LogP contribution in [0.5, 0.6) is 11.5 Å². The van der Waals surface area contributed by atoms with Crippen molar-refractivity contribution in [2.45, 2.75) is 0 Å². The Morgan fingerprint density at radius 1 is 0.944 bits per heavy atom. The second-order valence-electron chi connectivity index (χ2n) is 3.76. The molecule has 0 unspecified atom stereocenters. The number of hydrogen-bond donors (Lipinski definition) is 0. The molecule has 3 rings (SSSR count). The van der Waals surface area contributed by atoms with E-state index in [0.717, 1.165) is 16.7 Å². The minimum absolute atomic E-state index is 0.605. The van der Waals surface area contributed by atoms with Crippen molar-refractivity contribution in [1.29, 1.82) is 0 Å². The van der Waals surface area contributed by atoms with Crippen molar-refractivity contribution < 1.29 is 4.74 Å². The molecule has 2 aromatic carbocycles. The summed E-state index contributed by atoms with van der Waals surface area (Å²) in [6.07, 6.45) is 1.57. The molecule has 88 valence electrons. The number of para-hydroxylation sites is 1. The molecule has 0 amide bonds. The Bertz CT molecular complexity index is 680. The third-order valence-corrected chi connectivity index (χ3v) is 2.86. The summed E-state index contributed by atoms with van der Waals surface area (Å²) in [6, 6.07) is 15.0. The van der Waals surface area contributed by atoms with Crippen LogP contribution in [0, 0.1) is 0 Å². The molecule has 0 aliphatic heterocycles. The fourth-order valence-corrected chi connectivity index (χ4v) is 2.00. The van der Waals surface area contributed by atoms with E-state index in [0.29, 0.717) is 10.8 Å². The number of rotatable bonds is 2. The highest BCUT2D eigenvalue weighted by Crippen LogP contribution is 2.32. The maximum Gasteiger partial charge on any atom is 0.158 e. The summed E-state index contributed by atoms with van der Waals surface area (Å²) >= 11 is 6.18. The van der Waals surface area contributed by atoms with E-state index in [1.54, 1.807) is 6.20 Å². The molecule has 0 aliphatic carbocycles. The largest absolute Gasteiger partial charge is 0.455 e. The molecular formula is C14H9ClN2O. The smallest absolute Gasteiger partial charge is 0.158 e. The lowest BCUT2D eigenvalue weighted by Crippen LogP contribution is -1.90. The molecule has 3 nitrogen and oxygen atoms in total. The molecule has 1 aromatic heterocycles. The molecule has 0 N–H and O–H groups in total. The Labute approximate surface area is 109 Å². The van der Waals surface area contributed by atoms with Crippen molar-refractivity contribution >= 4 is 22.5 Å². The van der Waals surface area contributed by atoms with Crippen LogP contribution in [0.25, 0.3) is 10.9 Å². The second kappa shape index (κ2) is 4.63. The number of halogens is 1. The molecule has 4 heteroatoms. The van der Waals surface area contributed by atoms with Gasteiger partial charge in [-0.3, -0.25) is 0 Å². The number of aromatic nitrogens is 2. The van der Waals surface area contributed by atoms with Gasteiger partial charge in [0.15, 0.2) is 5.75 Å². The van der Waals surface area contributed by atoms with E-state index >= 15 is 0 Å². The van der Waals surface area contributed by atoms with Crippen LogP contribution in [0.1, 0.15) is 0 Å². The van der Waals surface area contributed by atoms with Crippen molar-refractivity contribution in [3.8, 4) is 11.5 Å². The van der Waals surface area contributed by atoms with Crippen LogP contribution < -0.4 is 4.74 Å². The van der Waals surface area contributed by atoms with Crippen LogP contribution >= 0.6 is 11.6 Å². The van der Waals surface area contributed by atoms with Crippen molar-refractivity contribution in [3.05, 3.63) is 59.8 Å². The highest BCUT2D eigenvalue weighted by molar-refractivity contribution is 6.35. The molecule has 0 bridgehead atoms. The van der Waals surface area contributed by atoms with Crippen LogP contribution in [0.4, 0.5) is 0 Å². The Hall–Kier alpha value is -2.13. The fourth-order valence-electron chi connectivity index (χ4n) is 1.74. The molecule has 3 aromatic rings. The van der Waals surface area contributed by atoms with Crippen LogP contribution in [-0.4, -0.2) is 10.2 Å². The summed E-state index contributed by atoms with van der Waals surface area (Å²) in [5, 5.41) is 9.33. The molecular weight excluding hydrogens is 248 g/mol. The van der Waals surface area contributed by atoms with Gasteiger partial charge in [-0.2, -0.15) is 10.2 Å². The van der Waals surface area contributed by atoms with Crippen LogP contribution in [0.3, 0.4) is 0 Å². The molecule has 18 heavy (non-hydrogen) atoms. The third-order valence-electron chi connectivity index (χ3n) is 2.55. The van der Waals surface area contributed by atoms with Gasteiger partial charge in [-0.15, -0.1) is 0 Å². The first-order chi connectivity index (χ1) is 8.84. The standard InChI is InChI=1S/C14H9ClN2O/c15-11-7-4-8-12-14(11)13(9-16-17-12)18-10-5-2-1-3-6-10/h1-9H. The summed E-state index contributed by atoms with van der Waals surface area (Å²) in [6.45, 7) is 0. The summed E-state index contributed by atoms with van der Waals surface area (Å²) in [5.41, 5.74) is 0.718. The highest BCUT2D eigenvalue weighted by atomic mass is 35.5. The molecule has 0 aliphatic rings. The van der Waals surface area contributed by atoms with Gasteiger partial charge in [0.05, 0.1) is 22.1 Å². The summed E-state index contributed by atoms with van der Waals surface area (Å²) < 4.78 is 5.79. The minimum atomic E-state index is 0.605. The van der Waals surface area contributed by atoms with Crippen LogP contribution in [-0.2, 0) is 0 Å². The van der Waals surface area contributed by atoms with Gasteiger partial charge in [-0.25, -0.2) is 0 Å². The zero-order valence-electron chi connectivity index (χ0n) is 9.38. The van der Waals surface area contributed by atoms with Gasteiger partial charge in [-0.05, 0) is 24.3 Å². The van der Waals surface area contributed by atoms with Crippen molar-refractivity contribution in [3.63, 3.8) is 0 Å². The maximum absolute atomic E-state index is 6.18. The first kappa shape index (κ1) is 11.0. The van der Waals surface area contributed by atoms with Gasteiger partial charge in [0.1, 0.15) is 5.75 Å². The van der Waals surface area contributed by atoms with Gasteiger partial charge in [-0.1, -0.05) is 35.9 Å². The zero-order chi connectivity index (χ0) is 12.4. The number of nitrogens with zero attached hydrogens (tertiary/aromatic N) is 2. The van der Waals surface area contributed by atoms with Crippen LogP contribution in [0.2, 0.25) is 5.02 Å². The van der Waals surface area contributed by atoms with Crippen molar-refractivity contribution in [1.82, 2.24) is 10.2 Å². The van der Waals surface area contributed by atoms with E-state index in [1.165, 1.54) is 0 Å². The maximum atomic E-state index is 6.18. The monoisotopic (exact) mass is 256 g/mol. The Morgan fingerprint density at radius 3 is 2.61 bits per heavy atom. The van der Waals surface area contributed by atoms with E-state index in [9.17, 15) is 0 Å². The Kier molecular flexibility index (Phi) is 2.82. The van der Waals surface area contributed by atoms with E-state index in [2.05, 4.69) is 10.2 Å². The molecule has 1 heterocycles. The van der Waals surface area contributed by atoms with Gasteiger partial charge >= 0.3 is 0 Å². The summed E-state index contributed by atoms with van der Waals surface area (Å²) in [7, 11) is 0. The lowest BCUT2D eigenvalue weighted by atomic mass is 10.2. The van der Waals surface area contributed by atoms with E-state index < -0.39 is 0 Å². The molecule has 0 spiro atoms. The van der Waals surface area contributed by atoms with Crippen molar-refractivity contribution in [2.24, 2.45) is 0 Å². The fraction of sp³-hybridized carbons (Fsp3) is 0. The van der Waals surface area contributed by atoms with Gasteiger partial charge in [0.25, 0.3) is 0 Å². The average Bonchev–Trinajstić information content (AvgIpc) is 2.40. The van der Waals surface area contributed by atoms with E-state index in [1.807, 2.05) is 48.5 Å². The third kappa shape index (κ3) is 2.00. The van der Waals surface area contributed by atoms with E-state index in [4.69, 9.17) is 16.3 Å². The summed E-state index contributed by atoms with van der Waals surface area (Å²) in [4.78, 5) is 0. The predicted octanol–water partition coefficient (Wildman–Crippen LogP) is 4.08. The van der Waals surface area contributed by atoms with Crippen LogP contribution in [0.15, 0.2) is 54.7 Å². The lowest BCUT2D eigenvalue weighted by Gasteiger charge is -2.08. The molecule has 0 saturated heterocycles. The Balaban J connectivity index is 2.12. The zero-order valence-corrected chi connectivity index (χ0v) is 10.1. The Morgan fingerprint density at radius 2 is 1.78 bits per heavy atom. The number of hydrogen-bond acceptors (Lipinski definition) is 3. The van der Waals surface area contributed by atoms with Gasteiger partial charge in [0.2, 0.25) is 0 Å². The molecule has 0 fully saturated rings. The van der Waals surface area contributed by atoms with Crippen molar-refractivity contribution in [2.75, 3.05) is 0 Å². The molecule has 0 saturated carbocycles. The normalized spacial score (nSPS) is 10.5. The number of ether oxygens (including phenoxy) is 1. The molecule has 0 atom stereocenters. The number of benzene rings is 2.